The number of nitriles is 1. The number of Topliss-reactive ketones (excluding diaryl/α,β-unsaturated/α-hetero) is 3. The lowest BCUT2D eigenvalue weighted by Crippen LogP contribution is -2.46. The predicted molar refractivity (Wildman–Crippen MR) is 471 cm³/mol. The molecule has 29 nitrogen and oxygen atoms in total. The molecule has 4 bridgehead atoms. The predicted octanol–water partition coefficient (Wildman–Crippen LogP) is 9.09. The second-order valence-electron chi connectivity index (χ2n) is 35.8. The van der Waals surface area contributed by atoms with Crippen LogP contribution in [0.3, 0.4) is 0 Å². The van der Waals surface area contributed by atoms with Gasteiger partial charge in [-0.1, -0.05) is 132 Å². The fourth-order valence-corrected chi connectivity index (χ4v) is 16.3. The van der Waals surface area contributed by atoms with Crippen molar-refractivity contribution in [2.75, 3.05) is 28.2 Å². The van der Waals surface area contributed by atoms with E-state index in [1.807, 2.05) is 100 Å². The van der Waals surface area contributed by atoms with Crippen LogP contribution in [0, 0.1) is 100 Å². The molecule has 6 heterocycles. The number of allylic oxidation sites excluding steroid dienone is 4. The van der Waals surface area contributed by atoms with E-state index in [2.05, 4.69) is 53.7 Å². The monoisotopic (exact) mass is 1710 g/mol. The third-order valence-electron chi connectivity index (χ3n) is 23.3. The zero-order valence-electron chi connectivity index (χ0n) is 75.1. The molecular weight excluding hydrogens is 1570 g/mol. The summed E-state index contributed by atoms with van der Waals surface area (Å²) in [7, 11) is 6.56. The smallest absolute Gasteiger partial charge is 0.326 e. The Kier molecular flexibility index (Phi) is 50.0. The highest BCUT2D eigenvalue weighted by atomic mass is 35.5. The van der Waals surface area contributed by atoms with Gasteiger partial charge in [-0.25, -0.2) is 4.79 Å². The Morgan fingerprint density at radius 3 is 1.31 bits per heavy atom. The minimum atomic E-state index is -0.944. The van der Waals surface area contributed by atoms with Gasteiger partial charge in [0, 0.05) is 131 Å². The Morgan fingerprint density at radius 1 is 0.537 bits per heavy atom. The molecule has 11 amide bonds. The van der Waals surface area contributed by atoms with E-state index in [4.69, 9.17) is 28.0 Å². The van der Waals surface area contributed by atoms with Crippen molar-refractivity contribution >= 4 is 101 Å². The number of nitrogens with one attached hydrogen (secondary N) is 4. The number of primary amides is 3. The first kappa shape index (κ1) is 110. The van der Waals surface area contributed by atoms with E-state index in [0.29, 0.717) is 103 Å². The van der Waals surface area contributed by atoms with Crippen LogP contribution in [-0.2, 0) is 71.9 Å². The van der Waals surface area contributed by atoms with Crippen molar-refractivity contribution in [3.05, 3.63) is 74.9 Å². The van der Waals surface area contributed by atoms with Crippen LogP contribution in [0.15, 0.2) is 74.9 Å². The standard InChI is InChI=1S/C24H39N3O4.C22H35N3O4.C22H33N3O3.C13H23NO3.C10H17N3O2.ClH/c1-7-9-16(5)24(31)27(6)20(11-15(3)4)21(28)14-17(22(25)29)12-18-13-19(10-8-2)26-23(18)30;1-13(2)9-18-19(26)12-15(20(23)27)10-16-11-17(24-21(16)28)8-6-5-7-14(3)22(29)25(18)4;1-14(2)9-19-20(26)11-16(13-23)10-17-12-18(24-21(17)27)8-6-5-7-15(3)22(28)25(19)4;1-6-7-10(4)12(15)14(5)11(13(16)17)8-9(2)3;1-2-3-7-4-6(10(15)13-7)5-8(11)9(12)14;/h7-8,15-20H,1-2,9-14H2,3-6H3,(H2,25,29)(H,26,30);5-6,13-18H,7-12H2,1-4H3,(H2,23,27)(H,24,28);5-6,14-19H,7-12H2,1-4H3,(H,24,27);6,9-11H,1,7-8H2,2-5H3,(H,16,17);2,6-8H,1,3-5,11H2,(H2,12,14)(H,13,15);1H/b;2*6-5+;;;/t16-,17+,18+,19+,20-;14-,15+,16+,17+,18-;15-,16+,17+,18+,19-;10-,11-;6-,7+,8-;/m00000./s1. The first-order valence-corrected chi connectivity index (χ1v) is 43.0. The van der Waals surface area contributed by atoms with Gasteiger partial charge < -0.3 is 68.9 Å². The topological polar surface area (TPSA) is 465 Å². The van der Waals surface area contributed by atoms with Gasteiger partial charge in [0.2, 0.25) is 65.0 Å². The molecule has 4 saturated heterocycles. The van der Waals surface area contributed by atoms with Crippen molar-refractivity contribution in [3.63, 3.8) is 0 Å². The van der Waals surface area contributed by atoms with Gasteiger partial charge in [-0.15, -0.1) is 38.7 Å². The lowest BCUT2D eigenvalue weighted by atomic mass is 9.85. The lowest BCUT2D eigenvalue weighted by Gasteiger charge is -2.31. The van der Waals surface area contributed by atoms with Crippen LogP contribution in [0.5, 0.6) is 0 Å². The number of carbonyl (C=O) groups excluding carboxylic acids is 14. The first-order valence-electron chi connectivity index (χ1n) is 43.0. The molecule has 0 aliphatic carbocycles. The largest absolute Gasteiger partial charge is 0.480 e. The molecule has 6 aliphatic heterocycles. The third kappa shape index (κ3) is 37.6. The third-order valence-corrected chi connectivity index (χ3v) is 23.3. The summed E-state index contributed by atoms with van der Waals surface area (Å²) in [5.41, 5.74) is 21.7. The van der Waals surface area contributed by atoms with E-state index in [-0.39, 0.29) is 204 Å². The maximum Gasteiger partial charge on any atom is 0.326 e. The highest BCUT2D eigenvalue weighted by molar-refractivity contribution is 5.95. The van der Waals surface area contributed by atoms with Crippen LogP contribution < -0.4 is 44.2 Å². The van der Waals surface area contributed by atoms with Gasteiger partial charge >= 0.3 is 5.97 Å². The molecule has 0 aromatic heterocycles. The SMILES string of the molecule is C=CC[C@@H]1C[C@@H](C[C@H](CC(=O)[C@H](CC(C)C)N(C)C(=O)[C@@H](C)CC=C)C(N)=O)C(=O)N1.C=CC[C@@H]1C[C@@H](C[C@H](N)C(N)=O)C(=O)N1.C=CC[C@H](C)C(=O)N(C)[C@@H](CC(C)C)C(=O)O.CC(C)C[C@H]1C(=O)C[C@H](C#N)C[C@@H]2C[C@@H](C/C=C/C[C@H](C)C(=O)N1C)NC2=O.CC(C)C[C@H]1C(=O)C[C@H](C(N)=O)C[C@@H]2C[C@@H](C/C=C/C[C@H](C)C(=O)N1C)NC2=O.Cl. The number of halogens is 1. The molecule has 121 heavy (non-hydrogen) atoms. The summed E-state index contributed by atoms with van der Waals surface area (Å²) in [6, 6.07) is -0.792. The molecular formula is C91H148ClN13O16. The number of nitrogens with zero attached hydrogens (tertiary/aromatic N) is 5. The highest BCUT2D eigenvalue weighted by Crippen LogP contribution is 2.33. The number of carboxylic acids is 1. The lowest BCUT2D eigenvalue weighted by molar-refractivity contribution is -0.151. The molecule has 13 N–H and O–H groups in total. The van der Waals surface area contributed by atoms with Crippen LogP contribution in [0.4, 0.5) is 0 Å². The summed E-state index contributed by atoms with van der Waals surface area (Å²) in [6.07, 6.45) is 25.9. The number of hydrogen-bond donors (Lipinski definition) is 9. The zero-order chi connectivity index (χ0) is 91.3. The number of ketones is 3. The van der Waals surface area contributed by atoms with Crippen molar-refractivity contribution < 1.29 is 77.0 Å². The minimum Gasteiger partial charge on any atom is -0.480 e. The van der Waals surface area contributed by atoms with Gasteiger partial charge in [0.1, 0.15) is 6.04 Å². The van der Waals surface area contributed by atoms with Gasteiger partial charge in [0.05, 0.1) is 36.2 Å². The van der Waals surface area contributed by atoms with E-state index < -0.39 is 71.7 Å². The number of rotatable bonds is 31. The molecule has 0 unspecified atom stereocenters. The van der Waals surface area contributed by atoms with Gasteiger partial charge in [0.25, 0.3) is 0 Å². The Balaban J connectivity index is 0.000000773. The first-order chi connectivity index (χ1) is 56.2. The minimum absolute atomic E-state index is 0. The molecule has 30 heteroatoms. The van der Waals surface area contributed by atoms with Crippen molar-refractivity contribution in [2.45, 2.75) is 285 Å². The maximum absolute atomic E-state index is 13.2. The van der Waals surface area contributed by atoms with Crippen molar-refractivity contribution in [1.82, 2.24) is 40.9 Å². The van der Waals surface area contributed by atoms with E-state index in [9.17, 15) is 77.2 Å². The van der Waals surface area contributed by atoms with E-state index in [1.165, 1.54) is 14.7 Å². The number of hydrogen-bond acceptors (Lipinski definition) is 17. The number of aliphatic carboxylic acids is 1. The summed E-state index contributed by atoms with van der Waals surface area (Å²) in [5, 5.41) is 30.4. The molecule has 0 saturated carbocycles. The molecule has 4 fully saturated rings. The molecule has 0 spiro atoms. The molecule has 680 valence electrons. The summed E-state index contributed by atoms with van der Waals surface area (Å²) in [6.45, 7) is 37.8. The van der Waals surface area contributed by atoms with Crippen molar-refractivity contribution in [3.8, 4) is 6.07 Å². The van der Waals surface area contributed by atoms with Crippen LogP contribution >= 0.6 is 12.4 Å². The summed E-state index contributed by atoms with van der Waals surface area (Å²) in [5.74, 6) is -6.83. The van der Waals surface area contributed by atoms with Crippen molar-refractivity contribution in [1.29, 1.82) is 5.26 Å². The molecule has 20 atom stereocenters. The summed E-state index contributed by atoms with van der Waals surface area (Å²) < 4.78 is 0. The van der Waals surface area contributed by atoms with Gasteiger partial charge in [0.15, 0.2) is 17.3 Å². The van der Waals surface area contributed by atoms with Crippen LogP contribution in [0.25, 0.3) is 0 Å². The Labute approximate surface area is 726 Å². The summed E-state index contributed by atoms with van der Waals surface area (Å²) in [4.78, 5) is 190. The average molecular weight is 1720 g/mol. The maximum atomic E-state index is 13.2. The molecule has 0 aromatic carbocycles. The summed E-state index contributed by atoms with van der Waals surface area (Å²) >= 11 is 0. The second kappa shape index (κ2) is 55.1. The van der Waals surface area contributed by atoms with Gasteiger partial charge in [-0.05, 0) is 152 Å². The van der Waals surface area contributed by atoms with Gasteiger partial charge in [-0.3, -0.25) is 67.1 Å². The normalized spacial score (nSPS) is 26.5. The number of carbonyl (C=O) groups is 15. The Hall–Kier alpha value is -9.17. The number of carboxylic acid groups (broad SMARTS) is 1. The number of fused-ring (bicyclic) bond motifs is 4. The zero-order valence-corrected chi connectivity index (χ0v) is 75.9. The van der Waals surface area contributed by atoms with E-state index in [0.717, 1.165) is 12.8 Å². The van der Waals surface area contributed by atoms with Crippen LogP contribution in [-0.4, -0.2) is 196 Å². The fraction of sp³-hybridized carbons (Fsp3) is 0.692. The Morgan fingerprint density at radius 2 is 0.934 bits per heavy atom. The second-order valence-corrected chi connectivity index (χ2v) is 35.8. The highest BCUT2D eigenvalue weighted by Gasteiger charge is 2.42. The number of amides is 11. The van der Waals surface area contributed by atoms with E-state index in [1.54, 1.807) is 64.3 Å². The van der Waals surface area contributed by atoms with Crippen LogP contribution in [0.2, 0.25) is 0 Å². The quantitative estimate of drug-likeness (QED) is 0.0292. The molecule has 0 radical (unpaired) electrons. The molecule has 6 aliphatic rings. The van der Waals surface area contributed by atoms with Crippen molar-refractivity contribution in [2.24, 2.45) is 112 Å². The van der Waals surface area contributed by atoms with Crippen LogP contribution in [0.1, 0.15) is 231 Å². The number of likely N-dealkylation sites (N-methyl/N-ethyl adjacent to an activating group) is 4. The average Bonchev–Trinajstić information content (AvgIpc) is 1.78. The number of nitrogens with two attached hydrogens (primary N) is 4. The molecule has 0 aromatic rings. The van der Waals surface area contributed by atoms with Gasteiger partial charge in [-0.2, -0.15) is 5.26 Å². The van der Waals surface area contributed by atoms with E-state index >= 15 is 0 Å². The Bertz CT molecular complexity index is 3630. The fourth-order valence-electron chi connectivity index (χ4n) is 16.3. The molecule has 6 rings (SSSR count).